The lowest BCUT2D eigenvalue weighted by atomic mass is 10.2. The normalized spacial score (nSPS) is 13.6. The highest BCUT2D eigenvalue weighted by Gasteiger charge is 2.22. The summed E-state index contributed by atoms with van der Waals surface area (Å²) in [5, 5.41) is 0. The minimum atomic E-state index is -0.295. The fourth-order valence-corrected chi connectivity index (χ4v) is 3.20. The summed E-state index contributed by atoms with van der Waals surface area (Å²) < 4.78 is 33.8. The average Bonchev–Trinajstić information content (AvgIpc) is 3.11. The Hall–Kier alpha value is -0.630. The number of nitrogens with zero attached hydrogens (tertiary/aromatic N) is 1. The van der Waals surface area contributed by atoms with Crippen LogP contribution in [-0.4, -0.2) is 107 Å². The molecule has 32 heavy (non-hydrogen) atoms. The predicted octanol–water partition coefficient (Wildman–Crippen LogP) is 2.01. The molecule has 2 amide bonds. The van der Waals surface area contributed by atoms with E-state index in [1.807, 2.05) is 0 Å². The first-order valence-corrected chi connectivity index (χ1v) is 12.8. The van der Waals surface area contributed by atoms with Gasteiger partial charge < -0.3 is 28.4 Å². The number of ether oxygens (including phenoxy) is 6. The van der Waals surface area contributed by atoms with Gasteiger partial charge in [0.05, 0.1) is 79.2 Å². The zero-order valence-electron chi connectivity index (χ0n) is 19.0. The Morgan fingerprint density at radius 2 is 0.906 bits per heavy atom. The Morgan fingerprint density at radius 3 is 1.34 bits per heavy atom. The van der Waals surface area contributed by atoms with Gasteiger partial charge in [0.25, 0.3) is 11.8 Å². The molecule has 0 aromatic heterocycles. The van der Waals surface area contributed by atoms with Gasteiger partial charge in [0.2, 0.25) is 0 Å². The Kier molecular flexibility index (Phi) is 20.4. The maximum atomic E-state index is 11.3. The molecule has 0 spiro atoms. The summed E-state index contributed by atoms with van der Waals surface area (Å²) in [5.41, 5.74) is 0. The molecule has 1 aliphatic rings. The lowest BCUT2D eigenvalue weighted by molar-refractivity contribution is -0.137. The SMILES string of the molecule is O=C1C=CC(=O)N1CCOCCOCCOCCOCCOCCOCCCCCCI. The van der Waals surface area contributed by atoms with Gasteiger partial charge in [0.15, 0.2) is 0 Å². The van der Waals surface area contributed by atoms with Gasteiger partial charge in [-0.1, -0.05) is 35.4 Å². The molecule has 0 aromatic rings. The van der Waals surface area contributed by atoms with E-state index in [4.69, 9.17) is 28.4 Å². The van der Waals surface area contributed by atoms with Gasteiger partial charge in [-0.2, -0.15) is 0 Å². The van der Waals surface area contributed by atoms with Crippen LogP contribution in [0.1, 0.15) is 25.7 Å². The fourth-order valence-electron chi connectivity index (χ4n) is 2.66. The lowest BCUT2D eigenvalue weighted by Crippen LogP contribution is -2.33. The van der Waals surface area contributed by atoms with Crippen LogP contribution in [0.25, 0.3) is 0 Å². The third-order valence-corrected chi connectivity index (χ3v) is 5.15. The second-order valence-corrected chi connectivity index (χ2v) is 8.02. The molecule has 1 aliphatic heterocycles. The molecule has 0 fully saturated rings. The monoisotopic (exact) mass is 571 g/mol. The van der Waals surface area contributed by atoms with Crippen LogP contribution in [0, 0.1) is 0 Å². The van der Waals surface area contributed by atoms with Crippen molar-refractivity contribution in [1.29, 1.82) is 0 Å². The number of carbonyl (C=O) groups excluding carboxylic acids is 2. The van der Waals surface area contributed by atoms with Crippen LogP contribution in [0.4, 0.5) is 0 Å². The van der Waals surface area contributed by atoms with Crippen LogP contribution >= 0.6 is 22.6 Å². The predicted molar refractivity (Wildman–Crippen MR) is 128 cm³/mol. The van der Waals surface area contributed by atoms with Crippen LogP contribution in [-0.2, 0) is 38.0 Å². The number of hydrogen-bond acceptors (Lipinski definition) is 8. The van der Waals surface area contributed by atoms with E-state index in [2.05, 4.69) is 22.6 Å². The molecule has 0 saturated carbocycles. The zero-order valence-corrected chi connectivity index (χ0v) is 21.1. The molecule has 1 rings (SSSR count). The van der Waals surface area contributed by atoms with Crippen molar-refractivity contribution in [1.82, 2.24) is 4.90 Å². The van der Waals surface area contributed by atoms with Crippen molar-refractivity contribution >= 4 is 34.4 Å². The van der Waals surface area contributed by atoms with Gasteiger partial charge in [-0.25, -0.2) is 0 Å². The van der Waals surface area contributed by atoms with Crippen molar-refractivity contribution in [2.45, 2.75) is 25.7 Å². The van der Waals surface area contributed by atoms with E-state index >= 15 is 0 Å². The zero-order chi connectivity index (χ0) is 23.1. The van der Waals surface area contributed by atoms with E-state index in [-0.39, 0.29) is 18.4 Å². The largest absolute Gasteiger partial charge is 0.379 e. The third-order valence-electron chi connectivity index (χ3n) is 4.39. The van der Waals surface area contributed by atoms with E-state index < -0.39 is 0 Å². The van der Waals surface area contributed by atoms with Crippen molar-refractivity contribution in [3.05, 3.63) is 12.2 Å². The van der Waals surface area contributed by atoms with Gasteiger partial charge in [-0.15, -0.1) is 0 Å². The smallest absolute Gasteiger partial charge is 0.253 e. The van der Waals surface area contributed by atoms with Gasteiger partial charge in [0.1, 0.15) is 0 Å². The number of carbonyl (C=O) groups is 2. The van der Waals surface area contributed by atoms with Gasteiger partial charge in [-0.3, -0.25) is 14.5 Å². The second-order valence-electron chi connectivity index (χ2n) is 6.94. The number of imide groups is 1. The summed E-state index contributed by atoms with van der Waals surface area (Å²) in [6, 6.07) is 0. The third kappa shape index (κ3) is 16.9. The van der Waals surface area contributed by atoms with Crippen molar-refractivity contribution in [3.8, 4) is 0 Å². The summed E-state index contributed by atoms with van der Waals surface area (Å²) >= 11 is 2.41. The number of amides is 2. The van der Waals surface area contributed by atoms with Gasteiger partial charge in [0, 0.05) is 18.8 Å². The molecule has 0 saturated heterocycles. The standard InChI is InChI=1S/C22H38INO8/c23-7-3-1-2-4-9-27-11-13-29-15-17-31-19-20-32-18-16-30-14-12-28-10-8-24-21(25)5-6-22(24)26/h5-6H,1-4,7-20H2. The molecular weight excluding hydrogens is 533 g/mol. The fraction of sp³-hybridized carbons (Fsp3) is 0.818. The summed E-state index contributed by atoms with van der Waals surface area (Å²) in [6.45, 7) is 6.50. The van der Waals surface area contributed by atoms with Gasteiger partial charge in [-0.05, 0) is 17.3 Å². The molecule has 0 aliphatic carbocycles. The van der Waals surface area contributed by atoms with E-state index in [1.165, 1.54) is 35.8 Å². The Balaban J connectivity index is 1.67. The maximum Gasteiger partial charge on any atom is 0.253 e. The minimum Gasteiger partial charge on any atom is -0.379 e. The molecule has 10 heteroatoms. The number of hydrogen-bond donors (Lipinski definition) is 0. The van der Waals surface area contributed by atoms with Crippen molar-refractivity contribution in [3.63, 3.8) is 0 Å². The van der Waals surface area contributed by atoms with E-state index in [9.17, 15) is 9.59 Å². The van der Waals surface area contributed by atoms with Crippen LogP contribution in [0.15, 0.2) is 12.2 Å². The van der Waals surface area contributed by atoms with Crippen molar-refractivity contribution in [2.24, 2.45) is 0 Å². The first kappa shape index (κ1) is 29.4. The number of halogens is 1. The first-order chi connectivity index (χ1) is 15.8. The lowest BCUT2D eigenvalue weighted by Gasteiger charge is -2.13. The quantitative estimate of drug-likeness (QED) is 0.0753. The van der Waals surface area contributed by atoms with Crippen LogP contribution < -0.4 is 0 Å². The highest BCUT2D eigenvalue weighted by Crippen LogP contribution is 2.03. The van der Waals surface area contributed by atoms with E-state index in [0.717, 1.165) is 17.9 Å². The van der Waals surface area contributed by atoms with Crippen molar-refractivity contribution in [2.75, 3.05) is 90.3 Å². The van der Waals surface area contributed by atoms with E-state index in [0.29, 0.717) is 72.7 Å². The Bertz CT molecular complexity index is 488. The molecule has 0 bridgehead atoms. The van der Waals surface area contributed by atoms with Crippen molar-refractivity contribution < 1.29 is 38.0 Å². The molecule has 0 unspecified atom stereocenters. The molecule has 9 nitrogen and oxygen atoms in total. The minimum absolute atomic E-state index is 0.256. The van der Waals surface area contributed by atoms with E-state index in [1.54, 1.807) is 0 Å². The second kappa shape index (κ2) is 22.2. The number of alkyl halides is 1. The molecular formula is C22H38INO8. The van der Waals surface area contributed by atoms with Crippen LogP contribution in [0.5, 0.6) is 0 Å². The first-order valence-electron chi connectivity index (χ1n) is 11.3. The van der Waals surface area contributed by atoms with Crippen LogP contribution in [0.2, 0.25) is 0 Å². The highest BCUT2D eigenvalue weighted by molar-refractivity contribution is 14.1. The number of rotatable bonds is 24. The highest BCUT2D eigenvalue weighted by atomic mass is 127. The topological polar surface area (TPSA) is 92.8 Å². The summed E-state index contributed by atoms with van der Waals surface area (Å²) in [4.78, 5) is 23.8. The van der Waals surface area contributed by atoms with Gasteiger partial charge >= 0.3 is 0 Å². The molecule has 1 heterocycles. The summed E-state index contributed by atoms with van der Waals surface area (Å²) in [5.74, 6) is -0.589. The van der Waals surface area contributed by atoms with Crippen LogP contribution in [0.3, 0.4) is 0 Å². The summed E-state index contributed by atoms with van der Waals surface area (Å²) in [6.07, 6.45) is 7.48. The Morgan fingerprint density at radius 1 is 0.531 bits per heavy atom. The molecule has 0 radical (unpaired) electrons. The molecule has 0 N–H and O–H groups in total. The molecule has 186 valence electrons. The Labute approximate surface area is 205 Å². The number of unbranched alkanes of at least 4 members (excludes halogenated alkanes) is 3. The summed E-state index contributed by atoms with van der Waals surface area (Å²) in [7, 11) is 0. The average molecular weight is 571 g/mol. The maximum absolute atomic E-state index is 11.3. The molecule has 0 atom stereocenters. The molecule has 0 aromatic carbocycles.